The zero-order valence-electron chi connectivity index (χ0n) is 20.8. The molecule has 0 heterocycles. The Labute approximate surface area is 217 Å². The van der Waals surface area contributed by atoms with Crippen LogP contribution in [0.25, 0.3) is 0 Å². The number of rotatable bonds is 13. The fourth-order valence-electron chi connectivity index (χ4n) is 3.83. The second-order valence-electron chi connectivity index (χ2n) is 8.45. The first kappa shape index (κ1) is 27.3. The van der Waals surface area contributed by atoms with E-state index >= 15 is 0 Å². The summed E-state index contributed by atoms with van der Waals surface area (Å²) < 4.78 is 19.4. The summed E-state index contributed by atoms with van der Waals surface area (Å²) in [5.74, 6) is 0.541. The second-order valence-corrected chi connectivity index (χ2v) is 9.44. The fraction of sp³-hybridized carbons (Fsp3) is 0.310. The van der Waals surface area contributed by atoms with Crippen molar-refractivity contribution in [1.29, 1.82) is 0 Å². The summed E-state index contributed by atoms with van der Waals surface area (Å²) in [6.07, 6.45) is 1.19. The van der Waals surface area contributed by atoms with Gasteiger partial charge in [-0.25, -0.2) is 4.39 Å². The van der Waals surface area contributed by atoms with Gasteiger partial charge in [-0.05, 0) is 41.3 Å². The molecule has 190 valence electrons. The van der Waals surface area contributed by atoms with E-state index < -0.39 is 6.04 Å². The van der Waals surface area contributed by atoms with Crippen LogP contribution in [-0.4, -0.2) is 42.2 Å². The highest BCUT2D eigenvalue weighted by molar-refractivity contribution is 7.99. The largest absolute Gasteiger partial charge is 0.497 e. The molecular formula is C29H33FN2O3S. The monoisotopic (exact) mass is 508 g/mol. The molecule has 0 aromatic heterocycles. The zero-order chi connectivity index (χ0) is 25.8. The van der Waals surface area contributed by atoms with E-state index in [1.165, 1.54) is 17.8 Å². The van der Waals surface area contributed by atoms with Crippen LogP contribution in [0.15, 0.2) is 78.9 Å². The average Bonchev–Trinajstić information content (AvgIpc) is 2.91. The van der Waals surface area contributed by atoms with Gasteiger partial charge in [-0.1, -0.05) is 67.6 Å². The van der Waals surface area contributed by atoms with E-state index in [9.17, 15) is 14.0 Å². The van der Waals surface area contributed by atoms with Gasteiger partial charge < -0.3 is 15.0 Å². The molecule has 36 heavy (non-hydrogen) atoms. The average molecular weight is 509 g/mol. The van der Waals surface area contributed by atoms with Crippen LogP contribution < -0.4 is 10.1 Å². The van der Waals surface area contributed by atoms with E-state index in [-0.39, 0.29) is 29.9 Å². The Bertz CT molecular complexity index is 1130. The summed E-state index contributed by atoms with van der Waals surface area (Å²) >= 11 is 1.34. The maximum Gasteiger partial charge on any atom is 0.243 e. The van der Waals surface area contributed by atoms with Crippen LogP contribution in [-0.2, 0) is 28.3 Å². The van der Waals surface area contributed by atoms with Gasteiger partial charge in [-0.2, -0.15) is 0 Å². The van der Waals surface area contributed by atoms with Crippen LogP contribution in [0.3, 0.4) is 0 Å². The van der Waals surface area contributed by atoms with Gasteiger partial charge in [0.15, 0.2) is 0 Å². The van der Waals surface area contributed by atoms with Gasteiger partial charge in [0.1, 0.15) is 17.6 Å². The van der Waals surface area contributed by atoms with Crippen molar-refractivity contribution in [2.45, 2.75) is 38.1 Å². The minimum absolute atomic E-state index is 0.130. The molecule has 1 unspecified atom stereocenters. The van der Waals surface area contributed by atoms with Gasteiger partial charge in [-0.15, -0.1) is 11.8 Å². The topological polar surface area (TPSA) is 58.6 Å². The Kier molecular flexibility index (Phi) is 10.8. The number of amides is 2. The molecular weight excluding hydrogens is 475 g/mol. The first-order valence-electron chi connectivity index (χ1n) is 12.1. The number of carbonyl (C=O) groups excluding carboxylic acids is 2. The normalized spacial score (nSPS) is 11.5. The first-order valence-corrected chi connectivity index (χ1v) is 13.2. The van der Waals surface area contributed by atoms with Crippen LogP contribution in [0.1, 0.15) is 30.0 Å². The lowest BCUT2D eigenvalue weighted by atomic mass is 10.0. The maximum atomic E-state index is 14.1. The van der Waals surface area contributed by atoms with E-state index in [2.05, 4.69) is 5.32 Å². The van der Waals surface area contributed by atoms with Crippen molar-refractivity contribution in [3.05, 3.63) is 101 Å². The van der Waals surface area contributed by atoms with Gasteiger partial charge in [0.25, 0.3) is 0 Å². The van der Waals surface area contributed by atoms with E-state index in [4.69, 9.17) is 4.74 Å². The molecule has 3 aromatic carbocycles. The molecule has 3 aromatic rings. The van der Waals surface area contributed by atoms with Crippen molar-refractivity contribution in [3.8, 4) is 5.75 Å². The number of ether oxygens (including phenoxy) is 1. The van der Waals surface area contributed by atoms with E-state index in [1.807, 2.05) is 61.5 Å². The molecule has 0 spiro atoms. The lowest BCUT2D eigenvalue weighted by molar-refractivity contribution is -0.139. The molecule has 1 atom stereocenters. The number of thioether (sulfide) groups is 1. The van der Waals surface area contributed by atoms with Gasteiger partial charge in [0.2, 0.25) is 11.8 Å². The van der Waals surface area contributed by atoms with Crippen LogP contribution in [0.2, 0.25) is 0 Å². The summed E-state index contributed by atoms with van der Waals surface area (Å²) in [4.78, 5) is 28.5. The number of nitrogens with zero attached hydrogens (tertiary/aromatic N) is 1. The molecule has 0 saturated heterocycles. The predicted octanol–water partition coefficient (Wildman–Crippen LogP) is 5.23. The molecule has 3 rings (SSSR count). The van der Waals surface area contributed by atoms with Crippen molar-refractivity contribution in [1.82, 2.24) is 10.2 Å². The van der Waals surface area contributed by atoms with Crippen molar-refractivity contribution in [3.63, 3.8) is 0 Å². The molecule has 0 saturated carbocycles. The Hall–Kier alpha value is -3.32. The van der Waals surface area contributed by atoms with Crippen LogP contribution in [0.5, 0.6) is 5.75 Å². The molecule has 0 aliphatic rings. The van der Waals surface area contributed by atoms with Gasteiger partial charge in [0, 0.05) is 25.3 Å². The smallest absolute Gasteiger partial charge is 0.243 e. The number of hydrogen-bond acceptors (Lipinski definition) is 4. The lowest BCUT2D eigenvalue weighted by Crippen LogP contribution is -2.51. The highest BCUT2D eigenvalue weighted by Crippen LogP contribution is 2.21. The fourth-order valence-corrected chi connectivity index (χ4v) is 4.73. The Morgan fingerprint density at radius 2 is 1.72 bits per heavy atom. The number of hydrogen-bond donors (Lipinski definition) is 1. The minimum atomic E-state index is -0.688. The first-order chi connectivity index (χ1) is 17.5. The molecule has 7 heteroatoms. The van der Waals surface area contributed by atoms with Crippen LogP contribution >= 0.6 is 11.8 Å². The summed E-state index contributed by atoms with van der Waals surface area (Å²) in [5.41, 5.74) is 2.39. The SMILES string of the molecule is CCCNC(=O)C(Cc1ccccc1)N(Cc1cccc(OC)c1)C(=O)CSCc1ccccc1F. The zero-order valence-corrected chi connectivity index (χ0v) is 21.6. The second kappa shape index (κ2) is 14.3. The molecule has 0 fully saturated rings. The van der Waals surface area contributed by atoms with Crippen molar-refractivity contribution >= 4 is 23.6 Å². The molecule has 5 nitrogen and oxygen atoms in total. The molecule has 0 aliphatic carbocycles. The van der Waals surface area contributed by atoms with Crippen molar-refractivity contribution in [2.75, 3.05) is 19.4 Å². The van der Waals surface area contributed by atoms with Crippen LogP contribution in [0, 0.1) is 5.82 Å². The highest BCUT2D eigenvalue weighted by Gasteiger charge is 2.30. The van der Waals surface area contributed by atoms with Crippen molar-refractivity contribution in [2.24, 2.45) is 0 Å². The van der Waals surface area contributed by atoms with E-state index in [0.717, 1.165) is 17.5 Å². The molecule has 0 bridgehead atoms. The molecule has 0 radical (unpaired) electrons. The van der Waals surface area contributed by atoms with Crippen LogP contribution in [0.4, 0.5) is 4.39 Å². The summed E-state index contributed by atoms with van der Waals surface area (Å²) in [6.45, 7) is 2.78. The summed E-state index contributed by atoms with van der Waals surface area (Å²) in [6, 6.07) is 23.1. The van der Waals surface area contributed by atoms with Gasteiger partial charge in [-0.3, -0.25) is 9.59 Å². The molecule has 0 aliphatic heterocycles. The van der Waals surface area contributed by atoms with Gasteiger partial charge in [0.05, 0.1) is 12.9 Å². The van der Waals surface area contributed by atoms with E-state index in [0.29, 0.717) is 30.0 Å². The quantitative estimate of drug-likeness (QED) is 0.343. The number of carbonyl (C=O) groups is 2. The highest BCUT2D eigenvalue weighted by atomic mass is 32.2. The summed E-state index contributed by atoms with van der Waals surface area (Å²) in [5, 5.41) is 2.97. The minimum Gasteiger partial charge on any atom is -0.497 e. The number of nitrogens with one attached hydrogen (secondary N) is 1. The third kappa shape index (κ3) is 8.12. The third-order valence-corrected chi connectivity index (χ3v) is 6.71. The van der Waals surface area contributed by atoms with Gasteiger partial charge >= 0.3 is 0 Å². The summed E-state index contributed by atoms with van der Waals surface area (Å²) in [7, 11) is 1.60. The predicted molar refractivity (Wildman–Crippen MR) is 143 cm³/mol. The standard InChI is InChI=1S/C29H33FN2O3S/c1-3-16-31-29(34)27(18-22-10-5-4-6-11-22)32(19-23-12-9-14-25(17-23)35-2)28(33)21-36-20-24-13-7-8-15-26(24)30/h4-15,17,27H,3,16,18-21H2,1-2H3,(H,31,34). The Morgan fingerprint density at radius 1 is 1.00 bits per heavy atom. The third-order valence-electron chi connectivity index (χ3n) is 5.75. The molecule has 1 N–H and O–H groups in total. The van der Waals surface area contributed by atoms with E-state index in [1.54, 1.807) is 30.2 Å². The lowest BCUT2D eigenvalue weighted by Gasteiger charge is -2.31. The molecule has 2 amide bonds. The Morgan fingerprint density at radius 3 is 2.44 bits per heavy atom. The Balaban J connectivity index is 1.85. The number of benzene rings is 3. The number of methoxy groups -OCH3 is 1. The maximum absolute atomic E-state index is 14.1. The number of halogens is 1. The van der Waals surface area contributed by atoms with Crippen molar-refractivity contribution < 1.29 is 18.7 Å².